The summed E-state index contributed by atoms with van der Waals surface area (Å²) in [5.41, 5.74) is 10.8. The maximum atomic E-state index is 5.94. The topological polar surface area (TPSA) is 77.0 Å². The van der Waals surface area contributed by atoms with E-state index in [0.29, 0.717) is 12.0 Å². The van der Waals surface area contributed by atoms with E-state index in [1.165, 1.54) is 19.3 Å². The van der Waals surface area contributed by atoms with E-state index >= 15 is 0 Å². The van der Waals surface area contributed by atoms with Gasteiger partial charge in [-0.05, 0) is 42.7 Å². The molecule has 0 aromatic carbocycles. The molecule has 3 atom stereocenters. The molecule has 0 aliphatic heterocycles. The van der Waals surface area contributed by atoms with Gasteiger partial charge in [-0.2, -0.15) is 0 Å². The maximum Gasteiger partial charge on any atom is 0.0378 e. The van der Waals surface area contributed by atoms with Crippen molar-refractivity contribution in [1.82, 2.24) is 10.4 Å². The Kier molecular flexibility index (Phi) is 3.97. The van der Waals surface area contributed by atoms with Gasteiger partial charge in [-0.1, -0.05) is 13.3 Å². The van der Waals surface area contributed by atoms with E-state index in [-0.39, 0.29) is 0 Å². The second-order valence-corrected chi connectivity index (χ2v) is 5.23. The number of nitrogens with two attached hydrogens (primary N) is 2. The highest BCUT2D eigenvalue weighted by Gasteiger charge is 2.28. The summed E-state index contributed by atoms with van der Waals surface area (Å²) in [6, 6.07) is 2.16. The minimum Gasteiger partial charge on any atom is -0.398 e. The summed E-state index contributed by atoms with van der Waals surface area (Å²) in [4.78, 5) is 4.13. The molecule has 1 aliphatic rings. The first kappa shape index (κ1) is 12.3. The van der Waals surface area contributed by atoms with Gasteiger partial charge in [0.15, 0.2) is 0 Å². The van der Waals surface area contributed by atoms with Crippen molar-refractivity contribution < 1.29 is 0 Å². The summed E-state index contributed by atoms with van der Waals surface area (Å²) in [6.07, 6.45) is 8.27. The van der Waals surface area contributed by atoms with Crippen LogP contribution in [0.3, 0.4) is 0 Å². The van der Waals surface area contributed by atoms with Crippen LogP contribution in [0.2, 0.25) is 0 Å². The van der Waals surface area contributed by atoms with Crippen LogP contribution in [-0.4, -0.2) is 11.0 Å². The fourth-order valence-corrected chi connectivity index (χ4v) is 2.82. The van der Waals surface area contributed by atoms with Crippen LogP contribution < -0.4 is 17.0 Å². The average molecular weight is 234 g/mol. The summed E-state index contributed by atoms with van der Waals surface area (Å²) in [6.45, 7) is 2.31. The van der Waals surface area contributed by atoms with Crippen molar-refractivity contribution in [2.45, 2.75) is 38.6 Å². The maximum absolute atomic E-state index is 5.94. The summed E-state index contributed by atoms with van der Waals surface area (Å²) < 4.78 is 0. The van der Waals surface area contributed by atoms with E-state index in [9.17, 15) is 0 Å². The predicted molar refractivity (Wildman–Crippen MR) is 70.0 cm³/mol. The second kappa shape index (κ2) is 5.47. The van der Waals surface area contributed by atoms with Gasteiger partial charge in [0.2, 0.25) is 0 Å². The molecule has 4 nitrogen and oxygen atoms in total. The number of anilines is 1. The van der Waals surface area contributed by atoms with E-state index < -0.39 is 0 Å². The first-order chi connectivity index (χ1) is 8.20. The zero-order chi connectivity index (χ0) is 12.3. The molecule has 2 rings (SSSR count). The molecular weight excluding hydrogens is 212 g/mol. The first-order valence-corrected chi connectivity index (χ1v) is 6.35. The van der Waals surface area contributed by atoms with Gasteiger partial charge in [0.05, 0.1) is 0 Å². The van der Waals surface area contributed by atoms with Crippen LogP contribution in [0.25, 0.3) is 0 Å². The van der Waals surface area contributed by atoms with Gasteiger partial charge in [-0.15, -0.1) is 0 Å². The second-order valence-electron chi connectivity index (χ2n) is 5.23. The third-order valence-electron chi connectivity index (χ3n) is 3.90. The van der Waals surface area contributed by atoms with Crippen LogP contribution in [0.1, 0.15) is 31.7 Å². The Labute approximate surface area is 103 Å². The summed E-state index contributed by atoms with van der Waals surface area (Å²) in [5.74, 6) is 7.17. The Morgan fingerprint density at radius 1 is 1.53 bits per heavy atom. The van der Waals surface area contributed by atoms with Gasteiger partial charge in [-0.25, -0.2) is 0 Å². The minimum atomic E-state index is 0.312. The Morgan fingerprint density at radius 3 is 2.94 bits per heavy atom. The Hall–Kier alpha value is -1.13. The van der Waals surface area contributed by atoms with Gasteiger partial charge in [0.1, 0.15) is 0 Å². The number of hydrazine groups is 1. The largest absolute Gasteiger partial charge is 0.398 e. The van der Waals surface area contributed by atoms with Crippen molar-refractivity contribution in [3.8, 4) is 0 Å². The molecule has 0 radical (unpaired) electrons. The molecule has 3 unspecified atom stereocenters. The molecule has 0 amide bonds. The molecule has 17 heavy (non-hydrogen) atoms. The van der Waals surface area contributed by atoms with Crippen molar-refractivity contribution in [3.63, 3.8) is 0 Å². The van der Waals surface area contributed by atoms with Crippen molar-refractivity contribution >= 4 is 5.69 Å². The number of rotatable bonds is 4. The lowest BCUT2D eigenvalue weighted by Crippen LogP contribution is -2.41. The Bertz CT molecular complexity index is 366. The summed E-state index contributed by atoms with van der Waals surface area (Å²) >= 11 is 0. The van der Waals surface area contributed by atoms with Gasteiger partial charge in [0.25, 0.3) is 0 Å². The van der Waals surface area contributed by atoms with Crippen LogP contribution >= 0.6 is 0 Å². The molecule has 1 aromatic rings. The quantitative estimate of drug-likeness (QED) is 0.544. The molecule has 1 heterocycles. The standard InChI is InChI=1S/C13H22N4/c1-9-2-3-10(6-9)13(17-15)7-11-8-16-5-4-12(11)14/h4-5,8-10,13,17H,2-3,6-7,15H2,1H3,(H2,14,16). The highest BCUT2D eigenvalue weighted by Crippen LogP contribution is 2.33. The Balaban J connectivity index is 2.03. The van der Waals surface area contributed by atoms with Crippen LogP contribution in [0, 0.1) is 11.8 Å². The van der Waals surface area contributed by atoms with Crippen LogP contribution in [0.4, 0.5) is 5.69 Å². The van der Waals surface area contributed by atoms with Gasteiger partial charge in [0, 0.05) is 24.1 Å². The molecule has 1 aromatic heterocycles. The van der Waals surface area contributed by atoms with Crippen LogP contribution in [0.5, 0.6) is 0 Å². The highest BCUT2D eigenvalue weighted by atomic mass is 15.2. The lowest BCUT2D eigenvalue weighted by molar-refractivity contribution is 0.353. The number of hydrogen-bond acceptors (Lipinski definition) is 4. The molecule has 4 heteroatoms. The smallest absolute Gasteiger partial charge is 0.0378 e. The van der Waals surface area contributed by atoms with Crippen molar-refractivity contribution in [2.24, 2.45) is 17.7 Å². The number of nitrogens with zero attached hydrogens (tertiary/aromatic N) is 1. The fourth-order valence-electron chi connectivity index (χ4n) is 2.82. The SMILES string of the molecule is CC1CCC(C(Cc2cnccc2N)NN)C1. The number of nitrogen functional groups attached to an aromatic ring is 1. The van der Waals surface area contributed by atoms with Gasteiger partial charge < -0.3 is 5.73 Å². The predicted octanol–water partition coefficient (Wildman–Crippen LogP) is 1.47. The zero-order valence-electron chi connectivity index (χ0n) is 10.4. The van der Waals surface area contributed by atoms with Crippen molar-refractivity contribution in [3.05, 3.63) is 24.0 Å². The van der Waals surface area contributed by atoms with Crippen molar-refractivity contribution in [2.75, 3.05) is 5.73 Å². The van der Waals surface area contributed by atoms with Crippen molar-refractivity contribution in [1.29, 1.82) is 0 Å². The normalized spacial score (nSPS) is 26.0. The number of aromatic nitrogens is 1. The molecule has 0 saturated heterocycles. The van der Waals surface area contributed by atoms with E-state index in [4.69, 9.17) is 11.6 Å². The Morgan fingerprint density at radius 2 is 2.35 bits per heavy atom. The fraction of sp³-hybridized carbons (Fsp3) is 0.615. The van der Waals surface area contributed by atoms with Crippen LogP contribution in [0.15, 0.2) is 18.5 Å². The molecule has 5 N–H and O–H groups in total. The number of pyridine rings is 1. The lowest BCUT2D eigenvalue weighted by Gasteiger charge is -2.23. The average Bonchev–Trinajstić information content (AvgIpc) is 2.75. The first-order valence-electron chi connectivity index (χ1n) is 6.35. The minimum absolute atomic E-state index is 0.312. The molecule has 1 fully saturated rings. The molecule has 0 spiro atoms. The molecule has 94 valence electrons. The molecule has 1 aliphatic carbocycles. The molecular formula is C13H22N4. The zero-order valence-corrected chi connectivity index (χ0v) is 10.4. The molecule has 1 saturated carbocycles. The number of hydrogen-bond donors (Lipinski definition) is 3. The third-order valence-corrected chi connectivity index (χ3v) is 3.90. The van der Waals surface area contributed by atoms with E-state index in [0.717, 1.165) is 23.6 Å². The summed E-state index contributed by atoms with van der Waals surface area (Å²) in [7, 11) is 0. The molecule has 0 bridgehead atoms. The summed E-state index contributed by atoms with van der Waals surface area (Å²) in [5, 5.41) is 0. The number of nitrogens with one attached hydrogen (secondary N) is 1. The van der Waals surface area contributed by atoms with E-state index in [1.807, 2.05) is 12.3 Å². The third kappa shape index (κ3) is 2.96. The van der Waals surface area contributed by atoms with Crippen LogP contribution in [-0.2, 0) is 6.42 Å². The lowest BCUT2D eigenvalue weighted by atomic mass is 9.92. The van der Waals surface area contributed by atoms with Gasteiger partial charge in [-0.3, -0.25) is 16.3 Å². The highest BCUT2D eigenvalue weighted by molar-refractivity contribution is 5.44. The van der Waals surface area contributed by atoms with E-state index in [2.05, 4.69) is 17.3 Å². The monoisotopic (exact) mass is 234 g/mol. The van der Waals surface area contributed by atoms with E-state index in [1.54, 1.807) is 6.20 Å². The van der Waals surface area contributed by atoms with Gasteiger partial charge >= 0.3 is 0 Å².